The third-order valence-corrected chi connectivity index (χ3v) is 6.08. The lowest BCUT2D eigenvalue weighted by Crippen LogP contribution is -2.33. The van der Waals surface area contributed by atoms with Gasteiger partial charge in [-0.25, -0.2) is 8.78 Å². The highest BCUT2D eigenvalue weighted by atomic mass is 35.5. The number of halogens is 8. The van der Waals surface area contributed by atoms with Crippen molar-refractivity contribution in [3.63, 3.8) is 0 Å². The molecule has 0 heterocycles. The van der Waals surface area contributed by atoms with Gasteiger partial charge < -0.3 is 10.6 Å². The predicted molar refractivity (Wildman–Crippen MR) is 111 cm³/mol. The van der Waals surface area contributed by atoms with Gasteiger partial charge in [-0.2, -0.15) is 13.2 Å². The second-order valence-electron chi connectivity index (χ2n) is 7.08. The average molecular weight is 516 g/mol. The highest BCUT2D eigenvalue weighted by Gasteiger charge is 2.67. The quantitative estimate of drug-likeness (QED) is 0.361. The molecular weight excluding hydrogens is 502 g/mol. The largest absolute Gasteiger partial charge is 0.405 e. The van der Waals surface area contributed by atoms with Gasteiger partial charge in [-0.05, 0) is 23.8 Å². The number of carbonyl (C=O) groups is 2. The first-order valence-electron chi connectivity index (χ1n) is 9.02. The number of alkyl halides is 7. The molecule has 0 unspecified atom stereocenters. The Bertz CT molecular complexity index is 1030. The third-order valence-electron chi connectivity index (χ3n) is 4.81. The van der Waals surface area contributed by atoms with Gasteiger partial charge in [0.15, 0.2) is 0 Å². The van der Waals surface area contributed by atoms with Crippen LogP contribution in [0.25, 0.3) is 0 Å². The molecule has 2 aromatic carbocycles. The van der Waals surface area contributed by atoms with Gasteiger partial charge in [0.1, 0.15) is 10.9 Å². The van der Waals surface area contributed by atoms with Crippen molar-refractivity contribution in [3.8, 4) is 0 Å². The maximum atomic E-state index is 12.7. The molecule has 32 heavy (non-hydrogen) atoms. The van der Waals surface area contributed by atoms with Gasteiger partial charge in [0, 0.05) is 17.2 Å². The Kier molecular flexibility index (Phi) is 6.93. The molecule has 0 radical (unpaired) electrons. The van der Waals surface area contributed by atoms with E-state index in [1.54, 1.807) is 5.32 Å². The second kappa shape index (κ2) is 9.03. The molecule has 0 aliphatic heterocycles. The summed E-state index contributed by atoms with van der Waals surface area (Å²) >= 11 is 18.3. The van der Waals surface area contributed by atoms with Crippen molar-refractivity contribution < 1.29 is 31.5 Å². The number of nitrogens with one attached hydrogen (secondary N) is 2. The molecule has 0 aromatic heterocycles. The molecule has 1 fully saturated rings. The fraction of sp³-hybridized carbons (Fsp3) is 0.300. The minimum Gasteiger partial charge on any atom is -0.343 e. The summed E-state index contributed by atoms with van der Waals surface area (Å²) in [7, 11) is 0. The molecule has 2 aromatic rings. The van der Waals surface area contributed by atoms with Crippen LogP contribution in [0, 0.1) is 5.92 Å². The first-order valence-corrected chi connectivity index (χ1v) is 10.2. The van der Waals surface area contributed by atoms with Crippen molar-refractivity contribution in [2.24, 2.45) is 5.92 Å². The lowest BCUT2D eigenvalue weighted by molar-refractivity contribution is -0.123. The summed E-state index contributed by atoms with van der Waals surface area (Å²) in [6, 6.07) is 8.94. The molecule has 3 rings (SSSR count). The van der Waals surface area contributed by atoms with Gasteiger partial charge in [-0.15, -0.1) is 23.2 Å². The van der Waals surface area contributed by atoms with E-state index >= 15 is 0 Å². The van der Waals surface area contributed by atoms with E-state index in [0.29, 0.717) is 5.56 Å². The molecule has 2 N–H and O–H groups in total. The Morgan fingerprint density at radius 2 is 1.69 bits per heavy atom. The van der Waals surface area contributed by atoms with Crippen LogP contribution in [-0.2, 0) is 4.79 Å². The summed E-state index contributed by atoms with van der Waals surface area (Å²) < 4.78 is 60.9. The van der Waals surface area contributed by atoms with Crippen LogP contribution in [0.5, 0.6) is 0 Å². The second-order valence-corrected chi connectivity index (χ2v) is 8.93. The molecule has 1 aliphatic carbocycles. The molecule has 1 aliphatic rings. The highest BCUT2D eigenvalue weighted by molar-refractivity contribution is 6.53. The summed E-state index contributed by atoms with van der Waals surface area (Å²) in [5, 5.41) is 4.07. The zero-order valence-corrected chi connectivity index (χ0v) is 18.1. The van der Waals surface area contributed by atoms with Crippen molar-refractivity contribution in [3.05, 3.63) is 64.2 Å². The standard InChI is InChI=1S/C20H14Cl3F5N2O2/c21-13-6-5-11(7-12(13)17(31)29-8-19(26,27)28)30-18(32)15-14(20(15,22)23)9-1-3-10(4-2-9)16(24)25/h1-7,14-16H,8H2,(H,29,31)(H,30,32)/t14-,15+/m0/s1. The first-order chi connectivity index (χ1) is 14.8. The first kappa shape index (κ1) is 24.5. The molecule has 0 saturated heterocycles. The maximum Gasteiger partial charge on any atom is 0.405 e. The van der Waals surface area contributed by atoms with Crippen molar-refractivity contribution in [1.82, 2.24) is 5.32 Å². The number of benzene rings is 2. The van der Waals surface area contributed by atoms with Crippen LogP contribution in [0.2, 0.25) is 5.02 Å². The fourth-order valence-electron chi connectivity index (χ4n) is 3.19. The van der Waals surface area contributed by atoms with Crippen molar-refractivity contribution >= 4 is 52.3 Å². The topological polar surface area (TPSA) is 58.2 Å². The molecule has 2 amide bonds. The maximum absolute atomic E-state index is 12.7. The Balaban J connectivity index is 1.72. The van der Waals surface area contributed by atoms with E-state index in [0.717, 1.165) is 6.07 Å². The van der Waals surface area contributed by atoms with Crippen LogP contribution in [-0.4, -0.2) is 28.9 Å². The van der Waals surface area contributed by atoms with E-state index in [2.05, 4.69) is 5.32 Å². The summed E-state index contributed by atoms with van der Waals surface area (Å²) in [6.45, 7) is -1.55. The van der Waals surface area contributed by atoms with Crippen molar-refractivity contribution in [1.29, 1.82) is 0 Å². The SMILES string of the molecule is O=C(NCC(F)(F)F)c1cc(NC(=O)[C@H]2[C@H](c3ccc(C(F)F)cc3)C2(Cl)Cl)ccc1Cl. The fourth-order valence-corrected chi connectivity index (χ4v) is 4.22. The van der Waals surface area contributed by atoms with E-state index in [1.807, 2.05) is 0 Å². The normalized spacial score (nSPS) is 19.5. The number of hydrogen-bond acceptors (Lipinski definition) is 2. The third kappa shape index (κ3) is 5.44. The zero-order valence-electron chi connectivity index (χ0n) is 15.8. The van der Waals surface area contributed by atoms with Gasteiger partial charge in [-0.3, -0.25) is 9.59 Å². The van der Waals surface area contributed by atoms with Gasteiger partial charge in [-0.1, -0.05) is 35.9 Å². The van der Waals surface area contributed by atoms with Crippen LogP contribution in [0.4, 0.5) is 27.6 Å². The Labute approximate surface area is 194 Å². The van der Waals surface area contributed by atoms with Crippen LogP contribution >= 0.6 is 34.8 Å². The summed E-state index contributed by atoms with van der Waals surface area (Å²) in [5.74, 6) is -3.29. The van der Waals surface area contributed by atoms with Crippen molar-refractivity contribution in [2.45, 2.75) is 22.9 Å². The molecule has 4 nitrogen and oxygen atoms in total. The number of anilines is 1. The minimum absolute atomic E-state index is 0.0828. The van der Waals surface area contributed by atoms with Gasteiger partial charge in [0.25, 0.3) is 12.3 Å². The molecule has 0 bridgehead atoms. The predicted octanol–water partition coefficient (Wildman–Crippen LogP) is 6.10. The number of hydrogen-bond donors (Lipinski definition) is 2. The van der Waals surface area contributed by atoms with E-state index in [1.165, 1.54) is 36.4 Å². The smallest absolute Gasteiger partial charge is 0.343 e. The molecular formula is C20H14Cl3F5N2O2. The molecule has 2 atom stereocenters. The number of amides is 2. The lowest BCUT2D eigenvalue weighted by Gasteiger charge is -2.11. The summed E-state index contributed by atoms with van der Waals surface area (Å²) in [5.41, 5.74) is 0.108. The molecule has 12 heteroatoms. The summed E-state index contributed by atoms with van der Waals surface area (Å²) in [4.78, 5) is 24.7. The highest BCUT2D eigenvalue weighted by Crippen LogP contribution is 2.65. The molecule has 172 valence electrons. The van der Waals surface area contributed by atoms with Crippen molar-refractivity contribution in [2.75, 3.05) is 11.9 Å². The van der Waals surface area contributed by atoms with E-state index in [-0.39, 0.29) is 21.8 Å². The Hall–Kier alpha value is -2.10. The minimum atomic E-state index is -4.60. The number of carbonyl (C=O) groups excluding carboxylic acids is 2. The number of rotatable bonds is 6. The van der Waals surface area contributed by atoms with E-state index < -0.39 is 47.1 Å². The molecule has 1 saturated carbocycles. The zero-order chi connectivity index (χ0) is 23.8. The van der Waals surface area contributed by atoms with Crippen LogP contribution in [0.3, 0.4) is 0 Å². The lowest BCUT2D eigenvalue weighted by atomic mass is 10.1. The average Bonchev–Trinajstić information content (AvgIpc) is 3.29. The van der Waals surface area contributed by atoms with Crippen LogP contribution in [0.15, 0.2) is 42.5 Å². The van der Waals surface area contributed by atoms with Gasteiger partial charge in [0.05, 0.1) is 16.5 Å². The monoisotopic (exact) mass is 514 g/mol. The van der Waals surface area contributed by atoms with E-state index in [4.69, 9.17) is 34.8 Å². The van der Waals surface area contributed by atoms with Crippen LogP contribution in [0.1, 0.15) is 33.8 Å². The summed E-state index contributed by atoms with van der Waals surface area (Å²) in [6.07, 6.45) is -7.25. The van der Waals surface area contributed by atoms with Gasteiger partial charge >= 0.3 is 6.18 Å². The van der Waals surface area contributed by atoms with Crippen LogP contribution < -0.4 is 10.6 Å². The van der Waals surface area contributed by atoms with E-state index in [9.17, 15) is 31.5 Å². The Morgan fingerprint density at radius 1 is 1.06 bits per heavy atom. The Morgan fingerprint density at radius 3 is 2.25 bits per heavy atom. The van der Waals surface area contributed by atoms with Gasteiger partial charge in [0.2, 0.25) is 5.91 Å². The molecule has 0 spiro atoms.